The van der Waals surface area contributed by atoms with Gasteiger partial charge in [0, 0.05) is 22.7 Å². The van der Waals surface area contributed by atoms with Gasteiger partial charge < -0.3 is 10.4 Å². The molecule has 2 heterocycles. The Morgan fingerprint density at radius 2 is 2.09 bits per heavy atom. The topological polar surface area (TPSA) is 65.1 Å². The molecule has 0 bridgehead atoms. The van der Waals surface area contributed by atoms with Gasteiger partial charge in [0.25, 0.3) is 0 Å². The quantitative estimate of drug-likeness (QED) is 0.672. The van der Waals surface area contributed by atoms with Gasteiger partial charge in [-0.3, -0.25) is 9.78 Å². The first kappa shape index (κ1) is 15.0. The highest BCUT2D eigenvalue weighted by molar-refractivity contribution is 7.15. The molecule has 3 N–H and O–H groups in total. The second-order valence-corrected chi connectivity index (χ2v) is 7.20. The Morgan fingerprint density at radius 3 is 2.82 bits per heavy atom. The van der Waals surface area contributed by atoms with Crippen molar-refractivity contribution in [3.8, 4) is 16.3 Å². The minimum absolute atomic E-state index is 0.0130. The van der Waals surface area contributed by atoms with E-state index in [1.165, 1.54) is 16.0 Å². The third-order valence-corrected chi connectivity index (χ3v) is 5.30. The Labute approximate surface area is 136 Å². The van der Waals surface area contributed by atoms with Crippen molar-refractivity contribution in [1.82, 2.24) is 10.3 Å². The van der Waals surface area contributed by atoms with Crippen molar-refractivity contribution in [2.24, 2.45) is 0 Å². The summed E-state index contributed by atoms with van der Waals surface area (Å²) in [6, 6.07) is 12.6. The monoisotopic (exact) mass is 332 g/mol. The highest BCUT2D eigenvalue weighted by Crippen LogP contribution is 2.31. The Morgan fingerprint density at radius 1 is 1.23 bits per heavy atom. The molecule has 0 spiro atoms. The summed E-state index contributed by atoms with van der Waals surface area (Å²) in [5.74, 6) is -0.0130. The number of H-pyrrole nitrogens is 1. The molecule has 0 saturated heterocycles. The lowest BCUT2D eigenvalue weighted by Crippen LogP contribution is -2.04. The molecule has 0 unspecified atom stereocenters. The fraction of sp³-hybridized carbons (Fsp3) is 0.188. The molecular weight excluding hydrogens is 316 g/mol. The number of aromatic amines is 1. The highest BCUT2D eigenvalue weighted by atomic mass is 32.1. The normalized spacial score (nSPS) is 11.0. The average Bonchev–Trinajstić information content (AvgIpc) is 3.07. The second-order valence-electron chi connectivity index (χ2n) is 4.96. The van der Waals surface area contributed by atoms with E-state index in [-0.39, 0.29) is 10.8 Å². The maximum Gasteiger partial charge on any atom is 0.307 e. The molecule has 3 aromatic rings. The number of thiazole rings is 1. The number of aromatic nitrogens is 1. The van der Waals surface area contributed by atoms with Crippen LogP contribution in [0.5, 0.6) is 5.88 Å². The summed E-state index contributed by atoms with van der Waals surface area (Å²) >= 11 is 2.75. The number of nitrogens with one attached hydrogen (secondary N) is 2. The van der Waals surface area contributed by atoms with Crippen molar-refractivity contribution in [3.05, 3.63) is 61.4 Å². The first-order valence-electron chi connectivity index (χ1n) is 6.89. The number of aromatic hydroxyl groups is 1. The van der Waals surface area contributed by atoms with Gasteiger partial charge in [0.2, 0.25) is 5.88 Å². The van der Waals surface area contributed by atoms with Gasteiger partial charge >= 0.3 is 4.87 Å². The minimum Gasteiger partial charge on any atom is -0.494 e. The smallest absolute Gasteiger partial charge is 0.307 e. The zero-order chi connectivity index (χ0) is 15.5. The number of hydrogen-bond acceptors (Lipinski definition) is 5. The van der Waals surface area contributed by atoms with Crippen molar-refractivity contribution in [1.29, 1.82) is 0 Å². The van der Waals surface area contributed by atoms with Gasteiger partial charge in [-0.05, 0) is 36.4 Å². The van der Waals surface area contributed by atoms with Crippen LogP contribution < -0.4 is 10.2 Å². The van der Waals surface area contributed by atoms with Crippen LogP contribution in [0.1, 0.15) is 15.3 Å². The van der Waals surface area contributed by atoms with Crippen LogP contribution in [0, 0.1) is 0 Å². The maximum absolute atomic E-state index is 11.2. The Bertz CT molecular complexity index is 833. The molecule has 0 saturated carbocycles. The van der Waals surface area contributed by atoms with Crippen molar-refractivity contribution in [2.45, 2.75) is 13.0 Å². The predicted octanol–water partition coefficient (Wildman–Crippen LogP) is 3.18. The molecule has 1 aromatic carbocycles. The zero-order valence-corrected chi connectivity index (χ0v) is 13.7. The average molecular weight is 332 g/mol. The summed E-state index contributed by atoms with van der Waals surface area (Å²) in [7, 11) is 1.94. The molecule has 0 aliphatic heterocycles. The maximum atomic E-state index is 11.2. The van der Waals surface area contributed by atoms with Crippen molar-refractivity contribution in [2.75, 3.05) is 7.05 Å². The van der Waals surface area contributed by atoms with Crippen LogP contribution in [0.4, 0.5) is 0 Å². The summed E-state index contributed by atoms with van der Waals surface area (Å²) < 4.78 is 0. The van der Waals surface area contributed by atoms with Crippen LogP contribution in [0.2, 0.25) is 0 Å². The van der Waals surface area contributed by atoms with Crippen molar-refractivity contribution in [3.63, 3.8) is 0 Å². The SMILES string of the molecule is CNCc1cccc(-c2ccc(Cc3sc(=O)[nH]c3O)s2)c1. The minimum atomic E-state index is -0.218. The molecule has 0 atom stereocenters. The number of rotatable bonds is 5. The van der Waals surface area contributed by atoms with Gasteiger partial charge in [0.05, 0.1) is 4.88 Å². The Kier molecular flexibility index (Phi) is 4.42. The molecule has 2 aromatic heterocycles. The standard InChI is InChI=1S/C16H16N2O2S2/c1-17-9-10-3-2-4-11(7-10)13-6-5-12(21-13)8-14-15(19)18-16(20)22-14/h2-7,17,19H,8-9H2,1H3,(H,18,20). The number of benzene rings is 1. The van der Waals surface area contributed by atoms with Crippen molar-refractivity contribution >= 4 is 22.7 Å². The van der Waals surface area contributed by atoms with E-state index < -0.39 is 0 Å². The molecule has 0 amide bonds. The lowest BCUT2D eigenvalue weighted by Gasteiger charge is -2.03. The van der Waals surface area contributed by atoms with Crippen LogP contribution in [-0.4, -0.2) is 17.1 Å². The van der Waals surface area contributed by atoms with E-state index in [1.54, 1.807) is 11.3 Å². The first-order chi connectivity index (χ1) is 10.7. The molecule has 0 aliphatic rings. The van der Waals surface area contributed by atoms with E-state index in [2.05, 4.69) is 40.6 Å². The fourth-order valence-electron chi connectivity index (χ4n) is 2.30. The van der Waals surface area contributed by atoms with Gasteiger partial charge in [-0.2, -0.15) is 0 Å². The second kappa shape index (κ2) is 6.48. The van der Waals surface area contributed by atoms with Crippen LogP contribution in [0.15, 0.2) is 41.2 Å². The van der Waals surface area contributed by atoms with Gasteiger partial charge in [-0.25, -0.2) is 0 Å². The van der Waals surface area contributed by atoms with E-state index in [0.717, 1.165) is 22.8 Å². The summed E-state index contributed by atoms with van der Waals surface area (Å²) in [6.45, 7) is 0.844. The number of thiophene rings is 1. The first-order valence-corrected chi connectivity index (χ1v) is 8.52. The lowest BCUT2D eigenvalue weighted by molar-refractivity contribution is 0.451. The van der Waals surface area contributed by atoms with Crippen LogP contribution >= 0.6 is 22.7 Å². The largest absolute Gasteiger partial charge is 0.494 e. The molecule has 0 radical (unpaired) electrons. The molecular formula is C16H16N2O2S2. The van der Waals surface area contributed by atoms with Gasteiger partial charge in [-0.1, -0.05) is 29.5 Å². The van der Waals surface area contributed by atoms with E-state index >= 15 is 0 Å². The van der Waals surface area contributed by atoms with Gasteiger partial charge in [0.1, 0.15) is 0 Å². The summed E-state index contributed by atoms with van der Waals surface area (Å²) in [5.41, 5.74) is 2.44. The van der Waals surface area contributed by atoms with E-state index in [9.17, 15) is 9.90 Å². The summed E-state index contributed by atoms with van der Waals surface area (Å²) in [4.78, 5) is 16.4. The van der Waals surface area contributed by atoms with E-state index in [1.807, 2.05) is 13.1 Å². The van der Waals surface area contributed by atoms with Crippen LogP contribution in [0.25, 0.3) is 10.4 Å². The lowest BCUT2D eigenvalue weighted by atomic mass is 10.1. The molecule has 114 valence electrons. The van der Waals surface area contributed by atoms with Crippen molar-refractivity contribution < 1.29 is 5.11 Å². The zero-order valence-electron chi connectivity index (χ0n) is 12.1. The van der Waals surface area contributed by atoms with Gasteiger partial charge in [-0.15, -0.1) is 11.3 Å². The summed E-state index contributed by atoms with van der Waals surface area (Å²) in [5, 5.41) is 12.8. The fourth-order valence-corrected chi connectivity index (χ4v) is 4.15. The molecule has 0 aliphatic carbocycles. The van der Waals surface area contributed by atoms with Crippen LogP contribution in [-0.2, 0) is 13.0 Å². The number of hydrogen-bond donors (Lipinski definition) is 3. The third-order valence-electron chi connectivity index (χ3n) is 3.29. The van der Waals surface area contributed by atoms with Gasteiger partial charge in [0.15, 0.2) is 0 Å². The predicted molar refractivity (Wildman–Crippen MR) is 91.9 cm³/mol. The molecule has 0 fully saturated rings. The third kappa shape index (κ3) is 3.30. The van der Waals surface area contributed by atoms with E-state index in [4.69, 9.17) is 0 Å². The molecule has 4 nitrogen and oxygen atoms in total. The van der Waals surface area contributed by atoms with Crippen LogP contribution in [0.3, 0.4) is 0 Å². The Hall–Kier alpha value is -1.89. The highest BCUT2D eigenvalue weighted by Gasteiger charge is 2.10. The summed E-state index contributed by atoms with van der Waals surface area (Å²) in [6.07, 6.45) is 0.579. The molecule has 6 heteroatoms. The molecule has 22 heavy (non-hydrogen) atoms. The van der Waals surface area contributed by atoms with E-state index in [0.29, 0.717) is 11.3 Å². The Balaban J connectivity index is 1.83. The molecule has 3 rings (SSSR count).